The topological polar surface area (TPSA) is 92.6 Å². The molecule has 2 aliphatic rings. The van der Waals surface area contributed by atoms with Crippen molar-refractivity contribution >= 4 is 23.2 Å². The van der Waals surface area contributed by atoms with Gasteiger partial charge in [0.25, 0.3) is 5.91 Å². The molecule has 1 amide bonds. The normalized spacial score (nSPS) is 19.5. The lowest BCUT2D eigenvalue weighted by Gasteiger charge is -2.42. The van der Waals surface area contributed by atoms with Crippen LogP contribution in [-0.4, -0.2) is 57.9 Å². The zero-order valence-corrected chi connectivity index (χ0v) is 17.9. The van der Waals surface area contributed by atoms with Crippen LogP contribution in [0, 0.1) is 11.3 Å². The quantitative estimate of drug-likeness (QED) is 0.503. The number of hydrogen-bond donors (Lipinski definition) is 3. The van der Waals surface area contributed by atoms with Crippen molar-refractivity contribution in [3.05, 3.63) is 52.5 Å². The first-order chi connectivity index (χ1) is 14.6. The molecule has 0 spiro atoms. The first kappa shape index (κ1) is 20.8. The van der Waals surface area contributed by atoms with Crippen LogP contribution < -0.4 is 5.32 Å². The minimum absolute atomic E-state index is 0.0382. The molecule has 0 unspecified atom stereocenters. The molecule has 1 atom stereocenters. The van der Waals surface area contributed by atoms with E-state index < -0.39 is 5.60 Å². The molecule has 3 N–H and O–H groups in total. The number of carbonyl (C=O) groups is 1. The summed E-state index contributed by atoms with van der Waals surface area (Å²) in [7, 11) is 0. The summed E-state index contributed by atoms with van der Waals surface area (Å²) in [5.74, 6) is 0.123. The third-order valence-corrected chi connectivity index (χ3v) is 7.04. The number of aromatic nitrogens is 1. The Bertz CT molecular complexity index is 846. The maximum Gasteiger partial charge on any atom is 0.259 e. The van der Waals surface area contributed by atoms with E-state index in [1.165, 1.54) is 0 Å². The number of guanidine groups is 1. The number of benzene rings is 1. The summed E-state index contributed by atoms with van der Waals surface area (Å²) in [6.07, 6.45) is 5.63. The van der Waals surface area contributed by atoms with Crippen molar-refractivity contribution in [1.82, 2.24) is 20.1 Å². The molecule has 7 nitrogen and oxygen atoms in total. The van der Waals surface area contributed by atoms with Crippen LogP contribution in [0.5, 0.6) is 0 Å². The van der Waals surface area contributed by atoms with E-state index in [4.69, 9.17) is 5.41 Å². The van der Waals surface area contributed by atoms with Gasteiger partial charge in [-0.05, 0) is 18.4 Å². The van der Waals surface area contributed by atoms with Crippen molar-refractivity contribution in [2.75, 3.05) is 26.2 Å². The first-order valence-corrected chi connectivity index (χ1v) is 11.5. The van der Waals surface area contributed by atoms with Crippen LogP contribution >= 0.6 is 11.3 Å². The van der Waals surface area contributed by atoms with Gasteiger partial charge in [0.2, 0.25) is 0 Å². The summed E-state index contributed by atoms with van der Waals surface area (Å²) in [6.45, 7) is 2.69. The fourth-order valence-electron chi connectivity index (χ4n) is 4.56. The summed E-state index contributed by atoms with van der Waals surface area (Å²) >= 11 is 1.56. The van der Waals surface area contributed by atoms with Gasteiger partial charge in [-0.2, -0.15) is 0 Å². The van der Waals surface area contributed by atoms with Gasteiger partial charge in [0.15, 0.2) is 11.6 Å². The lowest BCUT2D eigenvalue weighted by molar-refractivity contribution is -0.160. The summed E-state index contributed by atoms with van der Waals surface area (Å²) in [4.78, 5) is 21.5. The molecule has 1 aromatic heterocycles. The SMILES string of the molecule is N=C(NCc1nccs1)N1CCN(C(=O)[C@](O)(c2ccccc2)C2CCCC2)CC1. The molecule has 8 heteroatoms. The van der Waals surface area contributed by atoms with E-state index in [1.807, 2.05) is 40.6 Å². The minimum atomic E-state index is -1.46. The predicted molar refractivity (Wildman–Crippen MR) is 117 cm³/mol. The molecule has 2 fully saturated rings. The Balaban J connectivity index is 1.40. The van der Waals surface area contributed by atoms with Crippen LogP contribution in [0.4, 0.5) is 0 Å². The molecule has 1 saturated carbocycles. The van der Waals surface area contributed by atoms with Gasteiger partial charge in [-0.1, -0.05) is 43.2 Å². The van der Waals surface area contributed by atoms with E-state index in [9.17, 15) is 9.90 Å². The van der Waals surface area contributed by atoms with E-state index in [0.717, 1.165) is 30.7 Å². The van der Waals surface area contributed by atoms with Crippen molar-refractivity contribution in [3.8, 4) is 0 Å². The smallest absolute Gasteiger partial charge is 0.259 e. The van der Waals surface area contributed by atoms with Crippen LogP contribution in [-0.2, 0) is 16.9 Å². The Morgan fingerprint density at radius 2 is 1.83 bits per heavy atom. The third-order valence-electron chi connectivity index (χ3n) is 6.26. The van der Waals surface area contributed by atoms with Crippen molar-refractivity contribution < 1.29 is 9.90 Å². The number of rotatable bonds is 5. The zero-order chi connectivity index (χ0) is 21.0. The van der Waals surface area contributed by atoms with Crippen LogP contribution in [0.2, 0.25) is 0 Å². The second-order valence-electron chi connectivity index (χ2n) is 8.02. The predicted octanol–water partition coefficient (Wildman–Crippen LogP) is 2.39. The summed E-state index contributed by atoms with van der Waals surface area (Å²) in [5, 5.41) is 26.0. The van der Waals surface area contributed by atoms with Crippen molar-refractivity contribution in [2.24, 2.45) is 5.92 Å². The molecule has 1 aliphatic heterocycles. The zero-order valence-electron chi connectivity index (χ0n) is 17.1. The van der Waals surface area contributed by atoms with Gasteiger partial charge in [0.05, 0.1) is 6.54 Å². The highest BCUT2D eigenvalue weighted by Crippen LogP contribution is 2.42. The van der Waals surface area contributed by atoms with E-state index in [2.05, 4.69) is 10.3 Å². The maximum atomic E-state index is 13.5. The average molecular weight is 428 g/mol. The summed E-state index contributed by atoms with van der Waals surface area (Å²) < 4.78 is 0. The first-order valence-electron chi connectivity index (χ1n) is 10.6. The summed E-state index contributed by atoms with van der Waals surface area (Å²) in [6, 6.07) is 9.41. The molecule has 2 aromatic rings. The molecule has 1 saturated heterocycles. The van der Waals surface area contributed by atoms with E-state index in [1.54, 1.807) is 22.4 Å². The highest BCUT2D eigenvalue weighted by molar-refractivity contribution is 7.09. The summed E-state index contributed by atoms with van der Waals surface area (Å²) in [5.41, 5.74) is -0.765. The van der Waals surface area contributed by atoms with Crippen LogP contribution in [0.3, 0.4) is 0 Å². The molecule has 2 heterocycles. The second kappa shape index (κ2) is 9.14. The fourth-order valence-corrected chi connectivity index (χ4v) is 5.11. The molecule has 4 rings (SSSR count). The monoisotopic (exact) mass is 427 g/mol. The molecule has 1 aromatic carbocycles. The van der Waals surface area contributed by atoms with Gasteiger partial charge < -0.3 is 20.2 Å². The largest absolute Gasteiger partial charge is 0.375 e. The molecule has 160 valence electrons. The average Bonchev–Trinajstić information content (AvgIpc) is 3.52. The van der Waals surface area contributed by atoms with Crippen molar-refractivity contribution in [2.45, 2.75) is 37.8 Å². The Morgan fingerprint density at radius 3 is 2.47 bits per heavy atom. The van der Waals surface area contributed by atoms with Crippen LogP contribution in [0.1, 0.15) is 36.3 Å². The molecule has 1 aliphatic carbocycles. The van der Waals surface area contributed by atoms with Gasteiger partial charge in [0.1, 0.15) is 5.01 Å². The lowest BCUT2D eigenvalue weighted by atomic mass is 9.79. The third kappa shape index (κ3) is 4.20. The van der Waals surface area contributed by atoms with Crippen molar-refractivity contribution in [3.63, 3.8) is 0 Å². The van der Waals surface area contributed by atoms with Crippen molar-refractivity contribution in [1.29, 1.82) is 5.41 Å². The van der Waals surface area contributed by atoms with E-state index in [-0.39, 0.29) is 11.8 Å². The van der Waals surface area contributed by atoms with Gasteiger partial charge in [-0.3, -0.25) is 10.2 Å². The van der Waals surface area contributed by atoms with Gasteiger partial charge in [-0.15, -0.1) is 11.3 Å². The number of thiazole rings is 1. The highest BCUT2D eigenvalue weighted by Gasteiger charge is 2.48. The molecular formula is C22H29N5O2S. The Kier molecular flexibility index (Phi) is 6.34. The minimum Gasteiger partial charge on any atom is -0.375 e. The Labute approximate surface area is 181 Å². The molecular weight excluding hydrogens is 398 g/mol. The van der Waals surface area contributed by atoms with E-state index in [0.29, 0.717) is 44.2 Å². The highest BCUT2D eigenvalue weighted by atomic mass is 32.1. The number of hydrogen-bond acceptors (Lipinski definition) is 5. The molecule has 0 bridgehead atoms. The number of piperazine rings is 1. The maximum absolute atomic E-state index is 13.5. The number of carbonyl (C=O) groups excluding carboxylic acids is 1. The van der Waals surface area contributed by atoms with Gasteiger partial charge >= 0.3 is 0 Å². The second-order valence-corrected chi connectivity index (χ2v) is 9.00. The number of aliphatic hydroxyl groups is 1. The number of amides is 1. The lowest BCUT2D eigenvalue weighted by Crippen LogP contribution is -2.58. The van der Waals surface area contributed by atoms with Gasteiger partial charge in [-0.25, -0.2) is 4.98 Å². The molecule has 0 radical (unpaired) electrons. The van der Waals surface area contributed by atoms with Crippen LogP contribution in [0.25, 0.3) is 0 Å². The van der Waals surface area contributed by atoms with E-state index >= 15 is 0 Å². The fraction of sp³-hybridized carbons (Fsp3) is 0.500. The standard InChI is InChI=1S/C22H29N5O2S/c23-21(25-16-19-24-10-15-30-19)27-13-11-26(12-14-27)20(28)22(29,18-8-4-5-9-18)17-6-2-1-3-7-17/h1-3,6-7,10,15,18,29H,4-5,8-9,11-14,16H2,(H2,23,25)/t22-/m0/s1. The number of nitrogens with zero attached hydrogens (tertiary/aromatic N) is 3. The number of nitrogens with one attached hydrogen (secondary N) is 2. The Hall–Kier alpha value is -2.45. The Morgan fingerprint density at radius 1 is 1.17 bits per heavy atom. The molecule has 30 heavy (non-hydrogen) atoms. The van der Waals surface area contributed by atoms with Gasteiger partial charge in [0, 0.05) is 43.7 Å². The van der Waals surface area contributed by atoms with Crippen LogP contribution in [0.15, 0.2) is 41.9 Å².